The average Bonchev–Trinajstić information content (AvgIpc) is 3.21. The zero-order chi connectivity index (χ0) is 23.0. The van der Waals surface area contributed by atoms with Crippen molar-refractivity contribution in [1.82, 2.24) is 0 Å². The third-order valence-corrected chi connectivity index (χ3v) is 5.71. The minimum Gasteiger partial charge on any atom is -0.508 e. The van der Waals surface area contributed by atoms with Gasteiger partial charge in [0.2, 0.25) is 0 Å². The van der Waals surface area contributed by atoms with E-state index in [0.717, 1.165) is 11.6 Å². The van der Waals surface area contributed by atoms with Gasteiger partial charge in [-0.15, -0.1) is 0 Å². The number of benzene rings is 4. The third-order valence-electron chi connectivity index (χ3n) is 5.71. The molecule has 1 atom stereocenters. The molecule has 0 radical (unpaired) electrons. The highest BCUT2D eigenvalue weighted by Crippen LogP contribution is 2.54. The normalized spacial score (nSPS) is 17.5. The minimum absolute atomic E-state index is 0.0485. The number of phenolic OH excluding ortho intramolecular Hbond substituents is 2. The molecule has 1 aliphatic rings. The maximum atomic E-state index is 15.3. The molecule has 5 rings (SSSR count). The van der Waals surface area contributed by atoms with Crippen molar-refractivity contribution in [3.8, 4) is 11.5 Å². The van der Waals surface area contributed by atoms with Crippen LogP contribution in [0.3, 0.4) is 0 Å². The molecule has 1 heterocycles. The summed E-state index contributed by atoms with van der Waals surface area (Å²) in [6.07, 6.45) is 0. The second-order valence-electron chi connectivity index (χ2n) is 7.72. The highest BCUT2D eigenvalue weighted by atomic mass is 19.1. The highest BCUT2D eigenvalue weighted by Gasteiger charge is 2.46. The monoisotopic (exact) mass is 440 g/mol. The minimum atomic E-state index is -1.43. The van der Waals surface area contributed by atoms with Crippen LogP contribution in [0.4, 0.5) is 8.78 Å². The van der Waals surface area contributed by atoms with Crippen LogP contribution >= 0.6 is 0 Å². The van der Waals surface area contributed by atoms with E-state index in [1.807, 2.05) is 30.3 Å². The lowest BCUT2D eigenvalue weighted by Crippen LogP contribution is -2.27. The summed E-state index contributed by atoms with van der Waals surface area (Å²) < 4.78 is 29.2. The number of halogens is 2. The fraction of sp³-hybridized carbons (Fsp3) is 0.0370. The summed E-state index contributed by atoms with van der Waals surface area (Å²) in [5.74, 6) is -1.31. The van der Waals surface area contributed by atoms with Crippen molar-refractivity contribution in [3.63, 3.8) is 0 Å². The lowest BCUT2D eigenvalue weighted by molar-refractivity contribution is 0.474. The summed E-state index contributed by atoms with van der Waals surface area (Å²) in [6, 6.07) is 25.5. The van der Waals surface area contributed by atoms with Gasteiger partial charge in [-0.05, 0) is 59.7 Å². The van der Waals surface area contributed by atoms with Crippen molar-refractivity contribution in [3.05, 3.63) is 131 Å². The Balaban J connectivity index is 1.89. The van der Waals surface area contributed by atoms with Crippen molar-refractivity contribution in [2.75, 3.05) is 0 Å². The molecule has 4 nitrogen and oxygen atoms in total. The Bertz CT molecular complexity index is 1380. The molecule has 0 saturated carbocycles. The molecule has 0 saturated heterocycles. The summed E-state index contributed by atoms with van der Waals surface area (Å²) >= 11 is 0. The van der Waals surface area contributed by atoms with E-state index in [0.29, 0.717) is 22.4 Å². The highest BCUT2D eigenvalue weighted by molar-refractivity contribution is 5.98. The SMILES string of the molecule is Oc1ccc(C2=C(c3ccccc3)C(c3ccc(O)cc3)(c3ccc(F)cc3F)N=N2)cc1. The number of hydrogen-bond acceptors (Lipinski definition) is 4. The first kappa shape index (κ1) is 20.6. The molecule has 1 aliphatic heterocycles. The van der Waals surface area contributed by atoms with Gasteiger partial charge in [0.05, 0.1) is 5.70 Å². The van der Waals surface area contributed by atoms with E-state index < -0.39 is 17.2 Å². The number of aromatic hydroxyl groups is 2. The largest absolute Gasteiger partial charge is 0.508 e. The fourth-order valence-corrected chi connectivity index (χ4v) is 4.20. The molecule has 1 unspecified atom stereocenters. The van der Waals surface area contributed by atoms with E-state index in [1.165, 1.54) is 24.3 Å². The molecule has 0 bridgehead atoms. The zero-order valence-corrected chi connectivity index (χ0v) is 17.3. The van der Waals surface area contributed by atoms with Gasteiger partial charge in [0.15, 0.2) is 5.54 Å². The molecule has 33 heavy (non-hydrogen) atoms. The molecular formula is C27H18F2N2O2. The van der Waals surface area contributed by atoms with Crippen molar-refractivity contribution >= 4 is 11.3 Å². The number of phenols is 2. The lowest BCUT2D eigenvalue weighted by atomic mass is 9.74. The summed E-state index contributed by atoms with van der Waals surface area (Å²) in [5, 5.41) is 28.7. The Hall–Kier alpha value is -4.32. The average molecular weight is 440 g/mol. The van der Waals surface area contributed by atoms with Gasteiger partial charge >= 0.3 is 0 Å². The van der Waals surface area contributed by atoms with Crippen LogP contribution in [-0.2, 0) is 5.54 Å². The summed E-state index contributed by atoms with van der Waals surface area (Å²) in [7, 11) is 0. The van der Waals surface area contributed by atoms with Gasteiger partial charge in [0.25, 0.3) is 0 Å². The smallest absolute Gasteiger partial charge is 0.162 e. The maximum Gasteiger partial charge on any atom is 0.162 e. The Morgan fingerprint density at radius 3 is 1.94 bits per heavy atom. The Kier molecular flexibility index (Phi) is 4.98. The van der Waals surface area contributed by atoms with Crippen LogP contribution in [0.5, 0.6) is 11.5 Å². The predicted octanol–water partition coefficient (Wildman–Crippen LogP) is 6.65. The van der Waals surface area contributed by atoms with Gasteiger partial charge in [-0.25, -0.2) is 8.78 Å². The predicted molar refractivity (Wildman–Crippen MR) is 121 cm³/mol. The lowest BCUT2D eigenvalue weighted by Gasteiger charge is -2.30. The topological polar surface area (TPSA) is 65.2 Å². The molecule has 2 N–H and O–H groups in total. The molecular weight excluding hydrogens is 422 g/mol. The molecule has 0 aromatic heterocycles. The van der Waals surface area contributed by atoms with E-state index in [2.05, 4.69) is 10.2 Å². The van der Waals surface area contributed by atoms with Crippen LogP contribution in [0.25, 0.3) is 11.3 Å². The first-order valence-electron chi connectivity index (χ1n) is 10.3. The standard InChI is InChI=1S/C27H18F2N2O2/c28-20-10-15-23(24(29)16-20)27(19-8-13-22(33)14-9-19)25(17-4-2-1-3-5-17)26(30-31-27)18-6-11-21(32)12-7-18/h1-16,32-33H. The van der Waals surface area contributed by atoms with Gasteiger partial charge in [0, 0.05) is 22.8 Å². The first-order chi connectivity index (χ1) is 16.0. The third kappa shape index (κ3) is 3.46. The second-order valence-corrected chi connectivity index (χ2v) is 7.72. The van der Waals surface area contributed by atoms with Gasteiger partial charge in [0.1, 0.15) is 23.1 Å². The number of nitrogens with zero attached hydrogens (tertiary/aromatic N) is 2. The van der Waals surface area contributed by atoms with Crippen LogP contribution in [0.2, 0.25) is 0 Å². The van der Waals surface area contributed by atoms with Gasteiger partial charge in [-0.2, -0.15) is 10.2 Å². The van der Waals surface area contributed by atoms with Gasteiger partial charge < -0.3 is 10.2 Å². The van der Waals surface area contributed by atoms with E-state index in [4.69, 9.17) is 0 Å². The van der Waals surface area contributed by atoms with Crippen molar-refractivity contribution in [2.24, 2.45) is 10.2 Å². The molecule has 4 aromatic rings. The van der Waals surface area contributed by atoms with E-state index in [-0.39, 0.29) is 17.1 Å². The molecule has 4 aromatic carbocycles. The van der Waals surface area contributed by atoms with Crippen molar-refractivity contribution < 1.29 is 19.0 Å². The Morgan fingerprint density at radius 2 is 1.30 bits per heavy atom. The van der Waals surface area contributed by atoms with E-state index in [9.17, 15) is 14.6 Å². The number of azo groups is 1. The molecule has 0 fully saturated rings. The molecule has 0 spiro atoms. The quantitative estimate of drug-likeness (QED) is 0.373. The molecule has 0 amide bonds. The Morgan fingerprint density at radius 1 is 0.667 bits per heavy atom. The van der Waals surface area contributed by atoms with Crippen LogP contribution in [0, 0.1) is 11.6 Å². The van der Waals surface area contributed by atoms with Crippen LogP contribution < -0.4 is 0 Å². The Labute approximate surface area is 188 Å². The van der Waals surface area contributed by atoms with Crippen LogP contribution in [-0.4, -0.2) is 10.2 Å². The first-order valence-corrected chi connectivity index (χ1v) is 10.3. The van der Waals surface area contributed by atoms with Crippen LogP contribution in [0.1, 0.15) is 22.3 Å². The number of hydrogen-bond donors (Lipinski definition) is 2. The molecule has 6 heteroatoms. The number of rotatable bonds is 4. The zero-order valence-electron chi connectivity index (χ0n) is 17.3. The van der Waals surface area contributed by atoms with Crippen molar-refractivity contribution in [2.45, 2.75) is 5.54 Å². The second kappa shape index (κ2) is 7.98. The maximum absolute atomic E-state index is 15.3. The molecule has 0 aliphatic carbocycles. The van der Waals surface area contributed by atoms with Gasteiger partial charge in [-0.1, -0.05) is 42.5 Å². The van der Waals surface area contributed by atoms with E-state index >= 15 is 4.39 Å². The van der Waals surface area contributed by atoms with Gasteiger partial charge in [-0.3, -0.25) is 0 Å². The fourth-order valence-electron chi connectivity index (χ4n) is 4.20. The van der Waals surface area contributed by atoms with Crippen LogP contribution in [0.15, 0.2) is 107 Å². The summed E-state index contributed by atoms with van der Waals surface area (Å²) in [5.41, 5.74) is 1.79. The van der Waals surface area contributed by atoms with E-state index in [1.54, 1.807) is 36.4 Å². The molecule has 162 valence electrons. The summed E-state index contributed by atoms with van der Waals surface area (Å²) in [6.45, 7) is 0. The summed E-state index contributed by atoms with van der Waals surface area (Å²) in [4.78, 5) is 0. The van der Waals surface area contributed by atoms with Crippen molar-refractivity contribution in [1.29, 1.82) is 0 Å².